The second-order valence-electron chi connectivity index (χ2n) is 5.28. The van der Waals surface area contributed by atoms with Crippen molar-refractivity contribution < 1.29 is 9.53 Å². The van der Waals surface area contributed by atoms with E-state index in [1.54, 1.807) is 13.1 Å². The average Bonchev–Trinajstić information content (AvgIpc) is 2.58. The molecule has 0 saturated heterocycles. The smallest absolute Gasteiger partial charge is 0.262 e. The molecule has 120 valence electrons. The summed E-state index contributed by atoms with van der Waals surface area (Å²) in [4.78, 5) is 14.1. The van der Waals surface area contributed by atoms with Crippen LogP contribution in [0.15, 0.2) is 42.5 Å². The first-order chi connectivity index (χ1) is 11.1. The lowest BCUT2D eigenvalue weighted by Crippen LogP contribution is -2.47. The highest BCUT2D eigenvalue weighted by atomic mass is 35.5. The van der Waals surface area contributed by atoms with Crippen LogP contribution >= 0.6 is 23.2 Å². The SMILES string of the molecule is CNC(=O)C1CN(Cc2cccc(Cl)c2Cl)c2ccccc2O1. The fourth-order valence-corrected chi connectivity index (χ4v) is 3.01. The van der Waals surface area contributed by atoms with Crippen LogP contribution in [0.5, 0.6) is 5.75 Å². The summed E-state index contributed by atoms with van der Waals surface area (Å²) < 4.78 is 5.79. The summed E-state index contributed by atoms with van der Waals surface area (Å²) in [7, 11) is 1.60. The van der Waals surface area contributed by atoms with Gasteiger partial charge in [0, 0.05) is 13.6 Å². The fraction of sp³-hybridized carbons (Fsp3) is 0.235. The predicted octanol–water partition coefficient (Wildman–Crippen LogP) is 3.51. The Morgan fingerprint density at radius 1 is 1.26 bits per heavy atom. The van der Waals surface area contributed by atoms with Gasteiger partial charge in [-0.15, -0.1) is 0 Å². The molecule has 3 rings (SSSR count). The minimum absolute atomic E-state index is 0.151. The normalized spacial score (nSPS) is 16.5. The molecule has 23 heavy (non-hydrogen) atoms. The van der Waals surface area contributed by atoms with Crippen LogP contribution in [0.3, 0.4) is 0 Å². The summed E-state index contributed by atoms with van der Waals surface area (Å²) in [5, 5.41) is 3.69. The van der Waals surface area contributed by atoms with E-state index in [-0.39, 0.29) is 5.91 Å². The molecule has 0 radical (unpaired) electrons. The molecule has 4 nitrogen and oxygen atoms in total. The summed E-state index contributed by atoms with van der Waals surface area (Å²) in [6, 6.07) is 13.2. The molecule has 0 bridgehead atoms. The average molecular weight is 351 g/mol. The molecule has 0 spiro atoms. The molecule has 1 N–H and O–H groups in total. The number of benzene rings is 2. The molecule has 1 heterocycles. The van der Waals surface area contributed by atoms with E-state index in [2.05, 4.69) is 10.2 Å². The van der Waals surface area contributed by atoms with Crippen LogP contribution < -0.4 is 15.0 Å². The number of halogens is 2. The Balaban J connectivity index is 1.93. The van der Waals surface area contributed by atoms with Crippen LogP contribution in [0.4, 0.5) is 5.69 Å². The summed E-state index contributed by atoms with van der Waals surface area (Å²) in [6.45, 7) is 0.993. The minimum atomic E-state index is -0.562. The number of anilines is 1. The molecule has 1 unspecified atom stereocenters. The molecule has 1 aliphatic rings. The van der Waals surface area contributed by atoms with Gasteiger partial charge in [-0.2, -0.15) is 0 Å². The number of carbonyl (C=O) groups excluding carboxylic acids is 1. The zero-order chi connectivity index (χ0) is 16.4. The molecular formula is C17H16Cl2N2O2. The van der Waals surface area contributed by atoms with Crippen molar-refractivity contribution in [2.75, 3.05) is 18.5 Å². The number of hydrogen-bond donors (Lipinski definition) is 1. The first-order valence-corrected chi connectivity index (χ1v) is 8.01. The van der Waals surface area contributed by atoms with Crippen molar-refractivity contribution in [3.8, 4) is 5.75 Å². The summed E-state index contributed by atoms with van der Waals surface area (Å²) in [6.07, 6.45) is -0.562. The van der Waals surface area contributed by atoms with Crippen molar-refractivity contribution in [2.24, 2.45) is 0 Å². The third-order valence-electron chi connectivity index (χ3n) is 3.79. The predicted molar refractivity (Wildman–Crippen MR) is 92.4 cm³/mol. The maximum Gasteiger partial charge on any atom is 0.262 e. The topological polar surface area (TPSA) is 41.6 Å². The first kappa shape index (κ1) is 16.0. The van der Waals surface area contributed by atoms with Gasteiger partial charge in [-0.05, 0) is 23.8 Å². The van der Waals surface area contributed by atoms with Crippen molar-refractivity contribution in [3.63, 3.8) is 0 Å². The van der Waals surface area contributed by atoms with Crippen LogP contribution in [-0.2, 0) is 11.3 Å². The summed E-state index contributed by atoms with van der Waals surface area (Å²) in [5.41, 5.74) is 1.84. The van der Waals surface area contributed by atoms with E-state index in [0.717, 1.165) is 11.3 Å². The Labute approximate surface area is 144 Å². The highest BCUT2D eigenvalue weighted by Gasteiger charge is 2.30. The number of nitrogens with one attached hydrogen (secondary N) is 1. The van der Waals surface area contributed by atoms with Crippen molar-refractivity contribution in [1.82, 2.24) is 5.32 Å². The number of para-hydroxylation sites is 2. The standard InChI is InChI=1S/C17H16Cl2N2O2/c1-20-17(22)15-10-21(13-7-2-3-8-14(13)23-15)9-11-5-4-6-12(18)16(11)19/h2-8,15H,9-10H2,1H3,(H,20,22). The molecule has 2 aromatic carbocycles. The van der Waals surface area contributed by atoms with E-state index < -0.39 is 6.10 Å². The fourth-order valence-electron chi connectivity index (χ4n) is 2.63. The maximum absolute atomic E-state index is 12.0. The highest BCUT2D eigenvalue weighted by molar-refractivity contribution is 6.42. The number of fused-ring (bicyclic) bond motifs is 1. The Kier molecular flexibility index (Phi) is 4.64. The van der Waals surface area contributed by atoms with Gasteiger partial charge in [-0.1, -0.05) is 47.5 Å². The van der Waals surface area contributed by atoms with Gasteiger partial charge in [-0.25, -0.2) is 0 Å². The van der Waals surface area contributed by atoms with Crippen LogP contribution in [0.1, 0.15) is 5.56 Å². The molecule has 2 aromatic rings. The second-order valence-corrected chi connectivity index (χ2v) is 6.07. The third kappa shape index (κ3) is 3.23. The largest absolute Gasteiger partial charge is 0.477 e. The number of nitrogens with zero attached hydrogens (tertiary/aromatic N) is 1. The number of likely N-dealkylation sites (N-methyl/N-ethyl adjacent to an activating group) is 1. The van der Waals surface area contributed by atoms with Crippen molar-refractivity contribution in [1.29, 1.82) is 0 Å². The van der Waals surface area contributed by atoms with Gasteiger partial charge in [0.15, 0.2) is 6.10 Å². The lowest BCUT2D eigenvalue weighted by atomic mass is 10.1. The van der Waals surface area contributed by atoms with Gasteiger partial charge in [0.1, 0.15) is 5.75 Å². The summed E-state index contributed by atoms with van der Waals surface area (Å²) in [5.74, 6) is 0.534. The van der Waals surface area contributed by atoms with Gasteiger partial charge >= 0.3 is 0 Å². The Bertz CT molecular complexity index is 736. The van der Waals surface area contributed by atoms with Gasteiger partial charge in [0.2, 0.25) is 0 Å². The molecule has 0 saturated carbocycles. The van der Waals surface area contributed by atoms with Gasteiger partial charge < -0.3 is 15.0 Å². The van der Waals surface area contributed by atoms with E-state index >= 15 is 0 Å². The zero-order valence-corrected chi connectivity index (χ0v) is 14.1. The van der Waals surface area contributed by atoms with Crippen molar-refractivity contribution in [2.45, 2.75) is 12.6 Å². The number of carbonyl (C=O) groups is 1. The highest BCUT2D eigenvalue weighted by Crippen LogP contribution is 2.35. The first-order valence-electron chi connectivity index (χ1n) is 7.25. The number of ether oxygens (including phenoxy) is 1. The van der Waals surface area contributed by atoms with E-state index in [1.165, 1.54) is 0 Å². The number of rotatable bonds is 3. The van der Waals surface area contributed by atoms with Gasteiger partial charge in [0.25, 0.3) is 5.91 Å². The Morgan fingerprint density at radius 2 is 2.04 bits per heavy atom. The molecule has 1 amide bonds. The van der Waals surface area contributed by atoms with Crippen molar-refractivity contribution >= 4 is 34.8 Å². The van der Waals surface area contributed by atoms with Crippen molar-refractivity contribution in [3.05, 3.63) is 58.1 Å². The van der Waals surface area contributed by atoms with E-state index in [1.807, 2.05) is 36.4 Å². The van der Waals surface area contributed by atoms with E-state index in [4.69, 9.17) is 27.9 Å². The zero-order valence-electron chi connectivity index (χ0n) is 12.6. The Morgan fingerprint density at radius 3 is 2.83 bits per heavy atom. The van der Waals surface area contributed by atoms with Gasteiger partial charge in [-0.3, -0.25) is 4.79 Å². The second kappa shape index (κ2) is 6.69. The van der Waals surface area contributed by atoms with Crippen LogP contribution in [0, 0.1) is 0 Å². The van der Waals surface area contributed by atoms with Crippen LogP contribution in [0.25, 0.3) is 0 Å². The van der Waals surface area contributed by atoms with Crippen LogP contribution in [0.2, 0.25) is 10.0 Å². The summed E-state index contributed by atoms with van der Waals surface area (Å²) >= 11 is 12.4. The molecule has 0 fully saturated rings. The molecule has 6 heteroatoms. The molecular weight excluding hydrogens is 335 g/mol. The molecule has 0 aliphatic carbocycles. The molecule has 0 aromatic heterocycles. The molecule has 1 atom stereocenters. The minimum Gasteiger partial charge on any atom is -0.477 e. The van der Waals surface area contributed by atoms with Gasteiger partial charge in [0.05, 0.1) is 22.3 Å². The number of amides is 1. The quantitative estimate of drug-likeness (QED) is 0.920. The monoisotopic (exact) mass is 350 g/mol. The number of hydrogen-bond acceptors (Lipinski definition) is 3. The lowest BCUT2D eigenvalue weighted by molar-refractivity contribution is -0.127. The van der Waals surface area contributed by atoms with Crippen LogP contribution in [-0.4, -0.2) is 25.6 Å². The van der Waals surface area contributed by atoms with E-state index in [9.17, 15) is 4.79 Å². The maximum atomic E-state index is 12.0. The van der Waals surface area contributed by atoms with E-state index in [0.29, 0.717) is 28.9 Å². The lowest BCUT2D eigenvalue weighted by Gasteiger charge is -2.35. The third-order valence-corrected chi connectivity index (χ3v) is 4.65. The molecule has 1 aliphatic heterocycles. The Hall–Kier alpha value is -1.91.